The maximum Gasteiger partial charge on any atom is 0.293 e. The number of nitro benzene ring substituents is 1. The number of rotatable bonds is 6. The quantitative estimate of drug-likeness (QED) is 0.557. The maximum absolute atomic E-state index is 12.8. The van der Waals surface area contributed by atoms with Gasteiger partial charge < -0.3 is 15.2 Å². The molecule has 3 rings (SSSR count). The molecular weight excluding hydrogens is 386 g/mol. The summed E-state index contributed by atoms with van der Waals surface area (Å²) >= 11 is 0. The summed E-state index contributed by atoms with van der Waals surface area (Å²) in [4.78, 5) is 10.8. The summed E-state index contributed by atoms with van der Waals surface area (Å²) in [6.45, 7) is 2.80. The first kappa shape index (κ1) is 20.1. The highest BCUT2D eigenvalue weighted by atomic mass is 32.2. The van der Waals surface area contributed by atoms with Crippen molar-refractivity contribution in [2.75, 3.05) is 31.6 Å². The molecule has 0 bridgehead atoms. The molecule has 1 aliphatic heterocycles. The molecule has 150 valence electrons. The van der Waals surface area contributed by atoms with E-state index in [1.165, 1.54) is 22.5 Å². The third-order valence-corrected chi connectivity index (χ3v) is 6.41. The van der Waals surface area contributed by atoms with E-state index in [1.54, 1.807) is 25.1 Å². The van der Waals surface area contributed by atoms with Crippen LogP contribution in [0.25, 0.3) is 0 Å². The molecule has 28 heavy (non-hydrogen) atoms. The predicted molar refractivity (Wildman–Crippen MR) is 103 cm³/mol. The molecule has 9 nitrogen and oxygen atoms in total. The Labute approximate surface area is 162 Å². The summed E-state index contributed by atoms with van der Waals surface area (Å²) in [5.74, 6) is 0.0904. The van der Waals surface area contributed by atoms with Gasteiger partial charge in [-0.3, -0.25) is 10.1 Å². The van der Waals surface area contributed by atoms with Crippen LogP contribution < -0.4 is 5.32 Å². The molecule has 10 heteroatoms. The number of ether oxygens (including phenoxy) is 1. The van der Waals surface area contributed by atoms with Gasteiger partial charge in [0.2, 0.25) is 10.0 Å². The van der Waals surface area contributed by atoms with Crippen molar-refractivity contribution in [1.82, 2.24) is 4.31 Å². The van der Waals surface area contributed by atoms with Crippen molar-refractivity contribution in [3.63, 3.8) is 0 Å². The van der Waals surface area contributed by atoms with E-state index in [9.17, 15) is 23.6 Å². The van der Waals surface area contributed by atoms with Crippen LogP contribution in [0.3, 0.4) is 0 Å². The van der Waals surface area contributed by atoms with Gasteiger partial charge in [0.05, 0.1) is 23.0 Å². The number of benzene rings is 2. The second kappa shape index (κ2) is 8.13. The third-order valence-electron chi connectivity index (χ3n) is 4.52. The highest BCUT2D eigenvalue weighted by Crippen LogP contribution is 2.32. The van der Waals surface area contributed by atoms with Crippen molar-refractivity contribution in [3.05, 3.63) is 58.1 Å². The van der Waals surface area contributed by atoms with E-state index in [1.807, 2.05) is 0 Å². The van der Waals surface area contributed by atoms with Gasteiger partial charge in [-0.25, -0.2) is 8.42 Å². The predicted octanol–water partition coefficient (Wildman–Crippen LogP) is 2.49. The van der Waals surface area contributed by atoms with E-state index < -0.39 is 14.9 Å². The van der Waals surface area contributed by atoms with Crippen LogP contribution in [0, 0.1) is 10.1 Å². The fourth-order valence-electron chi connectivity index (χ4n) is 2.99. The van der Waals surface area contributed by atoms with Crippen LogP contribution in [0.4, 0.5) is 11.4 Å². The first-order valence-corrected chi connectivity index (χ1v) is 10.1. The minimum Gasteiger partial charge on any atom is -0.508 e. The van der Waals surface area contributed by atoms with E-state index >= 15 is 0 Å². The molecular formula is C18H21N3O6S. The zero-order valence-corrected chi connectivity index (χ0v) is 16.1. The largest absolute Gasteiger partial charge is 0.508 e. The first-order valence-electron chi connectivity index (χ1n) is 8.71. The monoisotopic (exact) mass is 407 g/mol. The third kappa shape index (κ3) is 4.24. The van der Waals surface area contributed by atoms with Crippen LogP contribution in [0.2, 0.25) is 0 Å². The van der Waals surface area contributed by atoms with Gasteiger partial charge in [-0.05, 0) is 36.8 Å². The lowest BCUT2D eigenvalue weighted by Gasteiger charge is -2.26. The van der Waals surface area contributed by atoms with E-state index in [0.29, 0.717) is 13.2 Å². The smallest absolute Gasteiger partial charge is 0.293 e. The average molecular weight is 407 g/mol. The van der Waals surface area contributed by atoms with Crippen molar-refractivity contribution < 1.29 is 23.2 Å². The molecule has 1 heterocycles. The molecule has 0 saturated carbocycles. The molecule has 0 spiro atoms. The van der Waals surface area contributed by atoms with Gasteiger partial charge in [-0.1, -0.05) is 12.1 Å². The Morgan fingerprint density at radius 2 is 1.93 bits per heavy atom. The molecule has 0 aliphatic carbocycles. The van der Waals surface area contributed by atoms with E-state index in [0.717, 1.165) is 11.6 Å². The number of sulfonamides is 1. The molecule has 1 aliphatic rings. The topological polar surface area (TPSA) is 122 Å². The van der Waals surface area contributed by atoms with Crippen molar-refractivity contribution in [1.29, 1.82) is 0 Å². The van der Waals surface area contributed by atoms with E-state index in [4.69, 9.17) is 4.74 Å². The Bertz CT molecular complexity index is 973. The summed E-state index contributed by atoms with van der Waals surface area (Å²) in [6.07, 6.45) is 0. The second-order valence-electron chi connectivity index (χ2n) is 6.41. The van der Waals surface area contributed by atoms with Gasteiger partial charge >= 0.3 is 0 Å². The molecule has 0 amide bonds. The average Bonchev–Trinajstić information content (AvgIpc) is 2.68. The standard InChI is InChI=1S/C18H21N3O6S/c1-13(14-3-2-4-15(22)11-14)19-17-6-5-16(12-18(17)21(23)24)28(25,26)20-7-9-27-10-8-20/h2-6,11-13,19,22H,7-10H2,1H3/t13-/m0/s1. The minimum absolute atomic E-state index is 0.0904. The number of nitro groups is 1. The Balaban J connectivity index is 1.90. The summed E-state index contributed by atoms with van der Waals surface area (Å²) in [7, 11) is -3.83. The lowest BCUT2D eigenvalue weighted by molar-refractivity contribution is -0.384. The van der Waals surface area contributed by atoms with E-state index in [2.05, 4.69) is 5.32 Å². The molecule has 1 saturated heterocycles. The highest BCUT2D eigenvalue weighted by Gasteiger charge is 2.29. The number of nitrogens with zero attached hydrogens (tertiary/aromatic N) is 2. The van der Waals surface area contributed by atoms with Gasteiger partial charge in [0.25, 0.3) is 5.69 Å². The van der Waals surface area contributed by atoms with Gasteiger partial charge in [0.15, 0.2) is 0 Å². The zero-order chi connectivity index (χ0) is 20.3. The summed E-state index contributed by atoms with van der Waals surface area (Å²) in [6, 6.07) is 10.0. The molecule has 2 N–H and O–H groups in total. The maximum atomic E-state index is 12.8. The lowest BCUT2D eigenvalue weighted by atomic mass is 10.1. The number of phenolic OH excluding ortho intramolecular Hbond substituents is 1. The fourth-order valence-corrected chi connectivity index (χ4v) is 4.42. The number of hydrogen-bond acceptors (Lipinski definition) is 7. The molecule has 2 aromatic rings. The Kier molecular flexibility index (Phi) is 5.82. The van der Waals surface area contributed by atoms with Crippen LogP contribution in [-0.2, 0) is 14.8 Å². The van der Waals surface area contributed by atoms with Crippen LogP contribution in [-0.4, -0.2) is 49.1 Å². The van der Waals surface area contributed by atoms with Gasteiger partial charge in [0, 0.05) is 25.2 Å². The molecule has 2 aromatic carbocycles. The number of anilines is 1. The van der Waals surface area contributed by atoms with Crippen LogP contribution in [0.5, 0.6) is 5.75 Å². The zero-order valence-electron chi connectivity index (χ0n) is 15.2. The summed E-state index contributed by atoms with van der Waals surface area (Å²) in [5, 5.41) is 24.2. The Morgan fingerprint density at radius 3 is 2.57 bits per heavy atom. The molecule has 0 aromatic heterocycles. The molecule has 1 atom stereocenters. The highest BCUT2D eigenvalue weighted by molar-refractivity contribution is 7.89. The Hall–Kier alpha value is -2.69. The molecule has 0 radical (unpaired) electrons. The van der Waals surface area contributed by atoms with Crippen molar-refractivity contribution in [2.45, 2.75) is 17.9 Å². The Morgan fingerprint density at radius 1 is 1.21 bits per heavy atom. The van der Waals surface area contributed by atoms with Crippen molar-refractivity contribution in [3.8, 4) is 5.75 Å². The SMILES string of the molecule is C[C@H](Nc1ccc(S(=O)(=O)N2CCOCC2)cc1[N+](=O)[O-])c1cccc(O)c1. The van der Waals surface area contributed by atoms with Crippen LogP contribution in [0.15, 0.2) is 47.4 Å². The summed E-state index contributed by atoms with van der Waals surface area (Å²) in [5.41, 5.74) is 0.599. The van der Waals surface area contributed by atoms with Crippen LogP contribution >= 0.6 is 0 Å². The minimum atomic E-state index is -3.83. The fraction of sp³-hybridized carbons (Fsp3) is 0.333. The normalized spacial score (nSPS) is 16.5. The number of aromatic hydroxyl groups is 1. The second-order valence-corrected chi connectivity index (χ2v) is 8.35. The van der Waals surface area contributed by atoms with E-state index in [-0.39, 0.29) is 41.2 Å². The lowest BCUT2D eigenvalue weighted by Crippen LogP contribution is -2.40. The van der Waals surface area contributed by atoms with Crippen molar-refractivity contribution in [2.24, 2.45) is 0 Å². The summed E-state index contributed by atoms with van der Waals surface area (Å²) < 4.78 is 31.9. The van der Waals surface area contributed by atoms with Crippen LogP contribution in [0.1, 0.15) is 18.5 Å². The number of nitrogens with one attached hydrogen (secondary N) is 1. The molecule has 0 unspecified atom stereocenters. The first-order chi connectivity index (χ1) is 13.3. The number of hydrogen-bond donors (Lipinski definition) is 2. The van der Waals surface area contributed by atoms with Gasteiger partial charge in [-0.2, -0.15) is 4.31 Å². The van der Waals surface area contributed by atoms with Gasteiger partial charge in [0.1, 0.15) is 11.4 Å². The van der Waals surface area contributed by atoms with Gasteiger partial charge in [-0.15, -0.1) is 0 Å². The van der Waals surface area contributed by atoms with Crippen molar-refractivity contribution >= 4 is 21.4 Å². The molecule has 1 fully saturated rings. The number of morpholine rings is 1. The number of phenols is 1.